The van der Waals surface area contributed by atoms with Gasteiger partial charge in [-0.25, -0.2) is 0 Å². The molecular weight excluding hydrogens is 216 g/mol. The largest absolute Gasteiger partial charge is 0.381 e. The Morgan fingerprint density at radius 1 is 1.24 bits per heavy atom. The van der Waals surface area contributed by atoms with E-state index in [9.17, 15) is 4.79 Å². The average Bonchev–Trinajstić information content (AvgIpc) is 2.40. The van der Waals surface area contributed by atoms with E-state index < -0.39 is 0 Å². The summed E-state index contributed by atoms with van der Waals surface area (Å²) in [5.74, 6) is 0.837. The minimum Gasteiger partial charge on any atom is -0.381 e. The van der Waals surface area contributed by atoms with Crippen LogP contribution in [0.4, 0.5) is 0 Å². The van der Waals surface area contributed by atoms with Gasteiger partial charge in [0.05, 0.1) is 0 Å². The number of hydrogen-bond donors (Lipinski definition) is 1. The van der Waals surface area contributed by atoms with Gasteiger partial charge in [0.2, 0.25) is 5.91 Å². The molecule has 4 nitrogen and oxygen atoms in total. The van der Waals surface area contributed by atoms with Gasteiger partial charge in [-0.15, -0.1) is 0 Å². The summed E-state index contributed by atoms with van der Waals surface area (Å²) in [6.45, 7) is 3.15. The predicted octanol–water partition coefficient (Wildman–Crippen LogP) is 1.14. The molecule has 2 N–H and O–H groups in total. The lowest BCUT2D eigenvalue weighted by molar-refractivity contribution is -0.136. The molecule has 0 aliphatic carbocycles. The van der Waals surface area contributed by atoms with E-state index in [2.05, 4.69) is 0 Å². The predicted molar refractivity (Wildman–Crippen MR) is 66.6 cm³/mol. The monoisotopic (exact) mass is 240 g/mol. The zero-order valence-electron chi connectivity index (χ0n) is 10.6. The van der Waals surface area contributed by atoms with E-state index in [1.165, 1.54) is 6.42 Å². The first-order chi connectivity index (χ1) is 8.31. The van der Waals surface area contributed by atoms with Crippen LogP contribution in [0.2, 0.25) is 0 Å². The number of hydrogen-bond acceptors (Lipinski definition) is 3. The van der Waals surface area contributed by atoms with Crippen LogP contribution in [-0.2, 0) is 9.53 Å². The van der Waals surface area contributed by atoms with Crippen molar-refractivity contribution in [2.75, 3.05) is 26.3 Å². The van der Waals surface area contributed by atoms with Gasteiger partial charge in [0.1, 0.15) is 0 Å². The van der Waals surface area contributed by atoms with Crippen molar-refractivity contribution in [3.05, 3.63) is 0 Å². The van der Waals surface area contributed by atoms with Gasteiger partial charge in [-0.3, -0.25) is 4.79 Å². The molecule has 2 aliphatic heterocycles. The van der Waals surface area contributed by atoms with E-state index in [1.807, 2.05) is 4.90 Å². The molecule has 1 unspecified atom stereocenters. The number of piperidine rings is 1. The highest BCUT2D eigenvalue weighted by molar-refractivity contribution is 5.77. The molecule has 0 spiro atoms. The van der Waals surface area contributed by atoms with E-state index in [1.54, 1.807) is 0 Å². The van der Waals surface area contributed by atoms with Gasteiger partial charge < -0.3 is 15.4 Å². The zero-order valence-corrected chi connectivity index (χ0v) is 10.6. The average molecular weight is 240 g/mol. The van der Waals surface area contributed by atoms with E-state index in [0.717, 1.165) is 45.4 Å². The fourth-order valence-corrected chi connectivity index (χ4v) is 2.89. The van der Waals surface area contributed by atoms with Crippen molar-refractivity contribution < 1.29 is 9.53 Å². The molecule has 2 saturated heterocycles. The second-order valence-corrected chi connectivity index (χ2v) is 5.23. The second-order valence-electron chi connectivity index (χ2n) is 5.23. The molecule has 4 heteroatoms. The summed E-state index contributed by atoms with van der Waals surface area (Å²) in [7, 11) is 0. The van der Waals surface area contributed by atoms with Gasteiger partial charge in [-0.2, -0.15) is 0 Å². The Bertz CT molecular complexity index is 252. The number of ether oxygens (including phenoxy) is 1. The van der Waals surface area contributed by atoms with Crippen LogP contribution in [0.15, 0.2) is 0 Å². The van der Waals surface area contributed by atoms with Gasteiger partial charge in [-0.1, -0.05) is 0 Å². The molecule has 0 aromatic rings. The molecule has 0 saturated carbocycles. The number of carbonyl (C=O) groups is 1. The third-order valence-corrected chi connectivity index (χ3v) is 4.02. The molecule has 0 bridgehead atoms. The van der Waals surface area contributed by atoms with Gasteiger partial charge >= 0.3 is 0 Å². The molecule has 2 heterocycles. The van der Waals surface area contributed by atoms with Crippen molar-refractivity contribution in [3.63, 3.8) is 0 Å². The van der Waals surface area contributed by atoms with Crippen molar-refractivity contribution in [3.8, 4) is 0 Å². The van der Waals surface area contributed by atoms with Crippen molar-refractivity contribution in [1.29, 1.82) is 0 Å². The van der Waals surface area contributed by atoms with Gasteiger partial charge in [-0.05, 0) is 38.0 Å². The topological polar surface area (TPSA) is 55.6 Å². The fourth-order valence-electron chi connectivity index (χ4n) is 2.89. The van der Waals surface area contributed by atoms with Crippen LogP contribution in [-0.4, -0.2) is 43.2 Å². The first-order valence-corrected chi connectivity index (χ1v) is 6.88. The summed E-state index contributed by atoms with van der Waals surface area (Å²) < 4.78 is 5.32. The molecule has 0 aromatic carbocycles. The third-order valence-electron chi connectivity index (χ3n) is 4.02. The Labute approximate surface area is 103 Å². The van der Waals surface area contributed by atoms with E-state index in [0.29, 0.717) is 24.8 Å². The highest BCUT2D eigenvalue weighted by atomic mass is 16.5. The summed E-state index contributed by atoms with van der Waals surface area (Å²) >= 11 is 0. The number of likely N-dealkylation sites (tertiary alicyclic amines) is 1. The van der Waals surface area contributed by atoms with Gasteiger partial charge in [0.15, 0.2) is 0 Å². The van der Waals surface area contributed by atoms with Crippen LogP contribution in [0.5, 0.6) is 0 Å². The lowest BCUT2D eigenvalue weighted by Crippen LogP contribution is -2.48. The molecule has 2 rings (SSSR count). The SMILES string of the molecule is NCC1CCCCN1C(=O)CC1CCOCC1. The molecule has 2 fully saturated rings. The molecule has 1 amide bonds. The summed E-state index contributed by atoms with van der Waals surface area (Å²) in [5.41, 5.74) is 5.75. The summed E-state index contributed by atoms with van der Waals surface area (Å²) in [5, 5.41) is 0. The van der Waals surface area contributed by atoms with E-state index in [4.69, 9.17) is 10.5 Å². The second kappa shape index (κ2) is 6.36. The zero-order chi connectivity index (χ0) is 12.1. The van der Waals surface area contributed by atoms with Crippen molar-refractivity contribution in [1.82, 2.24) is 4.90 Å². The quantitative estimate of drug-likeness (QED) is 0.805. The number of rotatable bonds is 3. The minimum atomic E-state index is 0.288. The van der Waals surface area contributed by atoms with E-state index in [-0.39, 0.29) is 6.04 Å². The minimum absolute atomic E-state index is 0.288. The first kappa shape index (κ1) is 12.8. The van der Waals surface area contributed by atoms with Crippen LogP contribution in [0.3, 0.4) is 0 Å². The van der Waals surface area contributed by atoms with Crippen LogP contribution >= 0.6 is 0 Å². The standard InChI is InChI=1S/C13H24N2O2/c14-10-12-3-1-2-6-15(12)13(16)9-11-4-7-17-8-5-11/h11-12H,1-10,14H2. The molecule has 98 valence electrons. The maximum absolute atomic E-state index is 12.3. The maximum atomic E-state index is 12.3. The molecule has 17 heavy (non-hydrogen) atoms. The van der Waals surface area contributed by atoms with Crippen molar-refractivity contribution in [2.24, 2.45) is 11.7 Å². The third kappa shape index (κ3) is 3.42. The first-order valence-electron chi connectivity index (χ1n) is 6.88. The van der Waals surface area contributed by atoms with Crippen LogP contribution in [0.25, 0.3) is 0 Å². The van der Waals surface area contributed by atoms with Crippen molar-refractivity contribution in [2.45, 2.75) is 44.6 Å². The van der Waals surface area contributed by atoms with Crippen LogP contribution in [0, 0.1) is 5.92 Å². The molecule has 0 radical (unpaired) electrons. The lowest BCUT2D eigenvalue weighted by atomic mass is 9.94. The smallest absolute Gasteiger partial charge is 0.223 e. The molecule has 0 aromatic heterocycles. The van der Waals surface area contributed by atoms with Crippen LogP contribution in [0.1, 0.15) is 38.5 Å². The van der Waals surface area contributed by atoms with E-state index >= 15 is 0 Å². The molecule has 2 aliphatic rings. The van der Waals surface area contributed by atoms with Gasteiger partial charge in [0.25, 0.3) is 0 Å². The van der Waals surface area contributed by atoms with Gasteiger partial charge in [0, 0.05) is 38.8 Å². The number of amides is 1. The Hall–Kier alpha value is -0.610. The Morgan fingerprint density at radius 3 is 2.71 bits per heavy atom. The summed E-state index contributed by atoms with van der Waals surface area (Å²) in [6.07, 6.45) is 6.19. The normalized spacial score (nSPS) is 27.1. The number of carbonyl (C=O) groups excluding carboxylic acids is 1. The molecule has 1 atom stereocenters. The highest BCUT2D eigenvalue weighted by Gasteiger charge is 2.27. The lowest BCUT2D eigenvalue weighted by Gasteiger charge is -2.36. The summed E-state index contributed by atoms with van der Waals surface area (Å²) in [4.78, 5) is 14.3. The maximum Gasteiger partial charge on any atom is 0.223 e. The number of nitrogens with two attached hydrogens (primary N) is 1. The highest BCUT2D eigenvalue weighted by Crippen LogP contribution is 2.23. The summed E-state index contributed by atoms with van der Waals surface area (Å²) in [6, 6.07) is 0.288. The Balaban J connectivity index is 1.84. The van der Waals surface area contributed by atoms with Crippen LogP contribution < -0.4 is 5.73 Å². The Morgan fingerprint density at radius 2 is 2.00 bits per heavy atom. The Kier molecular flexibility index (Phi) is 4.80. The van der Waals surface area contributed by atoms with Crippen molar-refractivity contribution >= 4 is 5.91 Å². The fraction of sp³-hybridized carbons (Fsp3) is 0.923. The number of nitrogens with zero attached hydrogens (tertiary/aromatic N) is 1. The molecular formula is C13H24N2O2.